The lowest BCUT2D eigenvalue weighted by Gasteiger charge is -1.95. The predicted molar refractivity (Wildman–Crippen MR) is 45.1 cm³/mol. The van der Waals surface area contributed by atoms with Crippen molar-refractivity contribution in [1.29, 1.82) is 0 Å². The van der Waals surface area contributed by atoms with Crippen LogP contribution in [0, 0.1) is 0 Å². The van der Waals surface area contributed by atoms with Crippen LogP contribution in [-0.4, -0.2) is 0 Å². The maximum absolute atomic E-state index is 5.26. The van der Waals surface area contributed by atoms with Gasteiger partial charge >= 0.3 is 0 Å². The zero-order valence-corrected chi connectivity index (χ0v) is 6.50. The fraction of sp³-hybridized carbons (Fsp3) is 0.200. The number of furan rings is 1. The molecule has 1 nitrogen and oxygen atoms in total. The van der Waals surface area contributed by atoms with Crippen LogP contribution in [0.3, 0.4) is 0 Å². The molecule has 0 atom stereocenters. The van der Waals surface area contributed by atoms with E-state index in [0.717, 1.165) is 12.2 Å². The average Bonchev–Trinajstić information content (AvgIpc) is 2.55. The first kappa shape index (κ1) is 6.47. The molecule has 1 aromatic rings. The molecule has 0 bridgehead atoms. The highest BCUT2D eigenvalue weighted by molar-refractivity contribution is 5.68. The monoisotopic (exact) mass is 146 g/mol. The van der Waals surface area contributed by atoms with Gasteiger partial charge in [-0.05, 0) is 31.1 Å². The van der Waals surface area contributed by atoms with E-state index in [1.807, 2.05) is 12.1 Å². The summed E-state index contributed by atoms with van der Waals surface area (Å²) in [5, 5.41) is 0. The van der Waals surface area contributed by atoms with Gasteiger partial charge in [0.05, 0.1) is 6.26 Å². The lowest BCUT2D eigenvalue weighted by Crippen LogP contribution is -1.76. The summed E-state index contributed by atoms with van der Waals surface area (Å²) in [4.78, 5) is 0. The van der Waals surface area contributed by atoms with E-state index in [2.05, 4.69) is 19.1 Å². The number of hydrogen-bond donors (Lipinski definition) is 0. The Labute approximate surface area is 66.0 Å². The molecule has 0 aliphatic heterocycles. The molecular formula is C10H10O. The van der Waals surface area contributed by atoms with Crippen LogP contribution >= 0.6 is 0 Å². The average molecular weight is 146 g/mol. The standard InChI is InChI=1S/C10H10O/c1-8-4-5-9(7-8)10-3-2-6-11-10/h2-6H,7H2,1H3. The molecule has 0 N–H and O–H groups in total. The zero-order valence-electron chi connectivity index (χ0n) is 6.50. The third kappa shape index (κ3) is 1.14. The van der Waals surface area contributed by atoms with Gasteiger partial charge in [0, 0.05) is 0 Å². The summed E-state index contributed by atoms with van der Waals surface area (Å²) in [7, 11) is 0. The molecule has 1 heterocycles. The Bertz CT molecular complexity index is 302. The van der Waals surface area contributed by atoms with Gasteiger partial charge in [-0.3, -0.25) is 0 Å². The molecule has 0 saturated heterocycles. The molecule has 56 valence electrons. The lowest BCUT2D eigenvalue weighted by molar-refractivity contribution is 0.551. The minimum Gasteiger partial charge on any atom is -0.465 e. The second-order valence-electron chi connectivity index (χ2n) is 2.86. The molecule has 0 unspecified atom stereocenters. The molecule has 0 amide bonds. The van der Waals surface area contributed by atoms with Crippen LogP contribution in [0.25, 0.3) is 5.57 Å². The summed E-state index contributed by atoms with van der Waals surface area (Å²) in [6.45, 7) is 2.13. The van der Waals surface area contributed by atoms with Gasteiger partial charge in [0.15, 0.2) is 0 Å². The first-order valence-electron chi connectivity index (χ1n) is 3.76. The van der Waals surface area contributed by atoms with Crippen molar-refractivity contribution in [1.82, 2.24) is 0 Å². The molecule has 1 heteroatoms. The Balaban J connectivity index is 2.23. The maximum atomic E-state index is 5.26. The number of hydrogen-bond acceptors (Lipinski definition) is 1. The van der Waals surface area contributed by atoms with Crippen LogP contribution in [0.1, 0.15) is 19.1 Å². The van der Waals surface area contributed by atoms with E-state index in [1.54, 1.807) is 6.26 Å². The lowest BCUT2D eigenvalue weighted by atomic mass is 10.1. The molecule has 11 heavy (non-hydrogen) atoms. The fourth-order valence-corrected chi connectivity index (χ4v) is 1.29. The van der Waals surface area contributed by atoms with Gasteiger partial charge in [0.1, 0.15) is 5.76 Å². The Kier molecular flexibility index (Phi) is 1.42. The fourth-order valence-electron chi connectivity index (χ4n) is 1.29. The van der Waals surface area contributed by atoms with E-state index in [-0.39, 0.29) is 0 Å². The topological polar surface area (TPSA) is 13.1 Å². The molecule has 1 aliphatic carbocycles. The van der Waals surface area contributed by atoms with Crippen LogP contribution in [0.15, 0.2) is 40.5 Å². The van der Waals surface area contributed by atoms with Crippen molar-refractivity contribution in [2.45, 2.75) is 13.3 Å². The quantitative estimate of drug-likeness (QED) is 0.593. The summed E-state index contributed by atoms with van der Waals surface area (Å²) in [6, 6.07) is 3.92. The maximum Gasteiger partial charge on any atom is 0.130 e. The Morgan fingerprint density at radius 3 is 2.82 bits per heavy atom. The van der Waals surface area contributed by atoms with Crippen molar-refractivity contribution in [2.75, 3.05) is 0 Å². The van der Waals surface area contributed by atoms with Crippen molar-refractivity contribution in [3.63, 3.8) is 0 Å². The van der Waals surface area contributed by atoms with E-state index in [0.29, 0.717) is 0 Å². The van der Waals surface area contributed by atoms with Gasteiger partial charge < -0.3 is 4.42 Å². The summed E-state index contributed by atoms with van der Waals surface area (Å²) in [5.74, 6) is 0.998. The molecule has 0 spiro atoms. The van der Waals surface area contributed by atoms with Gasteiger partial charge in [-0.1, -0.05) is 17.7 Å². The first-order valence-corrected chi connectivity index (χ1v) is 3.76. The third-order valence-corrected chi connectivity index (χ3v) is 1.88. The van der Waals surface area contributed by atoms with Gasteiger partial charge in [-0.15, -0.1) is 0 Å². The van der Waals surface area contributed by atoms with Gasteiger partial charge in [0.2, 0.25) is 0 Å². The largest absolute Gasteiger partial charge is 0.465 e. The molecule has 0 aromatic carbocycles. The molecule has 0 saturated carbocycles. The Morgan fingerprint density at radius 1 is 1.36 bits per heavy atom. The van der Waals surface area contributed by atoms with Crippen LogP contribution in [-0.2, 0) is 0 Å². The summed E-state index contributed by atoms with van der Waals surface area (Å²) in [5.41, 5.74) is 2.68. The van der Waals surface area contributed by atoms with Crippen LogP contribution < -0.4 is 0 Å². The second-order valence-corrected chi connectivity index (χ2v) is 2.86. The molecule has 1 aliphatic rings. The van der Waals surface area contributed by atoms with Gasteiger partial charge in [-0.2, -0.15) is 0 Å². The predicted octanol–water partition coefficient (Wildman–Crippen LogP) is 3.01. The van der Waals surface area contributed by atoms with Crippen molar-refractivity contribution in [3.05, 3.63) is 41.9 Å². The highest BCUT2D eigenvalue weighted by atomic mass is 16.3. The van der Waals surface area contributed by atoms with Crippen molar-refractivity contribution >= 4 is 5.57 Å². The van der Waals surface area contributed by atoms with Gasteiger partial charge in [-0.25, -0.2) is 0 Å². The van der Waals surface area contributed by atoms with E-state index in [9.17, 15) is 0 Å². The summed E-state index contributed by atoms with van der Waals surface area (Å²) in [6.07, 6.45) is 7.00. The van der Waals surface area contributed by atoms with Crippen molar-refractivity contribution in [3.8, 4) is 0 Å². The minimum absolute atomic E-state index is 0.998. The molecule has 0 radical (unpaired) electrons. The van der Waals surface area contributed by atoms with Crippen molar-refractivity contribution in [2.24, 2.45) is 0 Å². The summed E-state index contributed by atoms with van der Waals surface area (Å²) < 4.78 is 5.26. The third-order valence-electron chi connectivity index (χ3n) is 1.88. The van der Waals surface area contributed by atoms with E-state index in [4.69, 9.17) is 4.42 Å². The van der Waals surface area contributed by atoms with Gasteiger partial charge in [0.25, 0.3) is 0 Å². The molecular weight excluding hydrogens is 136 g/mol. The normalized spacial score (nSPS) is 16.5. The van der Waals surface area contributed by atoms with E-state index >= 15 is 0 Å². The van der Waals surface area contributed by atoms with E-state index < -0.39 is 0 Å². The molecule has 0 fully saturated rings. The smallest absolute Gasteiger partial charge is 0.130 e. The number of allylic oxidation sites excluding steroid dienone is 4. The molecule has 2 rings (SSSR count). The van der Waals surface area contributed by atoms with Crippen LogP contribution in [0.2, 0.25) is 0 Å². The Hall–Kier alpha value is -1.24. The Morgan fingerprint density at radius 2 is 2.27 bits per heavy atom. The van der Waals surface area contributed by atoms with Crippen molar-refractivity contribution < 1.29 is 4.42 Å². The van der Waals surface area contributed by atoms with Crippen LogP contribution in [0.4, 0.5) is 0 Å². The highest BCUT2D eigenvalue weighted by Gasteiger charge is 2.08. The summed E-state index contributed by atoms with van der Waals surface area (Å²) >= 11 is 0. The van der Waals surface area contributed by atoms with Crippen LogP contribution in [0.5, 0.6) is 0 Å². The highest BCUT2D eigenvalue weighted by Crippen LogP contribution is 2.27. The first-order chi connectivity index (χ1) is 5.36. The molecule has 1 aromatic heterocycles. The second kappa shape index (κ2) is 2.42. The zero-order chi connectivity index (χ0) is 7.68. The van der Waals surface area contributed by atoms with E-state index in [1.165, 1.54) is 11.1 Å². The number of rotatable bonds is 1. The SMILES string of the molecule is CC1=CC=C(c2ccco2)C1. The minimum atomic E-state index is 0.998.